The molecule has 0 saturated carbocycles. The summed E-state index contributed by atoms with van der Waals surface area (Å²) < 4.78 is 34.4. The molecule has 0 radical (unpaired) electrons. The fraction of sp³-hybridized carbons (Fsp3) is 0.500. The summed E-state index contributed by atoms with van der Waals surface area (Å²) in [7, 11) is 1.22. The van der Waals surface area contributed by atoms with Crippen LogP contribution in [0.4, 0.5) is 9.39 Å². The summed E-state index contributed by atoms with van der Waals surface area (Å²) in [6.07, 6.45) is 1.99. The molecule has 2 N–H and O–H groups in total. The van der Waals surface area contributed by atoms with Gasteiger partial charge in [0.25, 0.3) is 0 Å². The van der Waals surface area contributed by atoms with Gasteiger partial charge in [0.1, 0.15) is 23.2 Å². The first-order chi connectivity index (χ1) is 15.9. The van der Waals surface area contributed by atoms with E-state index in [9.17, 15) is 19.1 Å². The second-order valence-electron chi connectivity index (χ2n) is 8.02. The Morgan fingerprint density at radius 3 is 3.03 bits per heavy atom. The first-order valence-electron chi connectivity index (χ1n) is 10.8. The number of ether oxygens (including phenoxy) is 3. The number of esters is 1. The molecule has 4 rings (SSSR count). The predicted octanol–water partition coefficient (Wildman–Crippen LogP) is 2.37. The van der Waals surface area contributed by atoms with Crippen LogP contribution in [-0.4, -0.2) is 65.7 Å². The summed E-state index contributed by atoms with van der Waals surface area (Å²) in [4.78, 5) is 26.8. The number of hydrogen-bond acceptors (Lipinski definition) is 9. The quantitative estimate of drug-likeness (QED) is 0.528. The second kappa shape index (κ2) is 10.4. The Morgan fingerprint density at radius 1 is 1.42 bits per heavy atom. The third-order valence-corrected chi connectivity index (χ3v) is 6.40. The van der Waals surface area contributed by atoms with Gasteiger partial charge in [0.05, 0.1) is 19.8 Å². The molecule has 1 atom stereocenters. The van der Waals surface area contributed by atoms with Gasteiger partial charge in [0.2, 0.25) is 11.8 Å². The molecule has 33 heavy (non-hydrogen) atoms. The summed E-state index contributed by atoms with van der Waals surface area (Å²) in [5.41, 5.74) is 1.08. The number of hydrogen-bond donors (Lipinski definition) is 2. The number of aliphatic hydroxyl groups is 1. The van der Waals surface area contributed by atoms with Crippen LogP contribution in [0.15, 0.2) is 12.1 Å². The van der Waals surface area contributed by atoms with E-state index < -0.39 is 11.8 Å². The van der Waals surface area contributed by atoms with Crippen LogP contribution in [0.5, 0.6) is 11.6 Å². The van der Waals surface area contributed by atoms with E-state index in [0.717, 1.165) is 30.1 Å². The highest BCUT2D eigenvalue weighted by Crippen LogP contribution is 2.33. The van der Waals surface area contributed by atoms with Gasteiger partial charge < -0.3 is 29.5 Å². The fourth-order valence-electron chi connectivity index (χ4n) is 3.90. The molecule has 2 aliphatic heterocycles. The summed E-state index contributed by atoms with van der Waals surface area (Å²) in [6.45, 7) is 2.51. The highest BCUT2D eigenvalue weighted by atomic mass is 32.1. The number of β-amino-alcohol motifs (C(OH)–C–C–N with tert-alkyl or cyclic N) is 1. The molecular weight excluding hydrogens is 453 g/mol. The topological polar surface area (TPSA) is 110 Å². The minimum atomic E-state index is -0.710. The number of halogens is 1. The zero-order valence-corrected chi connectivity index (χ0v) is 19.1. The Morgan fingerprint density at radius 2 is 2.27 bits per heavy atom. The molecule has 1 aromatic heterocycles. The maximum absolute atomic E-state index is 14.4. The van der Waals surface area contributed by atoms with Gasteiger partial charge in [0.15, 0.2) is 5.56 Å². The number of carbonyl (C=O) groups excluding carboxylic acids is 2. The molecule has 0 spiro atoms. The smallest absolute Gasteiger partial charge is 0.346 e. The number of benzene rings is 1. The van der Waals surface area contributed by atoms with Crippen molar-refractivity contribution < 1.29 is 33.3 Å². The second-order valence-corrected chi connectivity index (χ2v) is 8.79. The Bertz CT molecular complexity index is 1030. The molecular formula is C22H26FN3O6S. The number of nitrogens with zero attached hydrogens (tertiary/aromatic N) is 2. The fourth-order valence-corrected chi connectivity index (χ4v) is 4.64. The van der Waals surface area contributed by atoms with Crippen molar-refractivity contribution in [1.29, 1.82) is 0 Å². The van der Waals surface area contributed by atoms with Crippen molar-refractivity contribution >= 4 is 28.4 Å². The van der Waals surface area contributed by atoms with Gasteiger partial charge in [-0.1, -0.05) is 0 Å². The number of likely N-dealkylation sites (tertiary alicyclic amines) is 1. The van der Waals surface area contributed by atoms with Crippen molar-refractivity contribution in [2.24, 2.45) is 0 Å². The van der Waals surface area contributed by atoms with E-state index in [1.54, 1.807) is 6.07 Å². The molecule has 1 fully saturated rings. The molecule has 1 aromatic carbocycles. The molecule has 0 unspecified atom stereocenters. The first kappa shape index (κ1) is 23.4. The van der Waals surface area contributed by atoms with Crippen LogP contribution >= 0.6 is 11.5 Å². The largest absolute Gasteiger partial charge is 0.493 e. The molecule has 2 aliphatic rings. The van der Waals surface area contributed by atoms with E-state index in [2.05, 4.69) is 14.6 Å². The lowest BCUT2D eigenvalue weighted by Gasteiger charge is -2.14. The number of carbonyl (C=O) groups is 2. The van der Waals surface area contributed by atoms with Crippen molar-refractivity contribution in [3.63, 3.8) is 0 Å². The lowest BCUT2D eigenvalue weighted by atomic mass is 10.1. The van der Waals surface area contributed by atoms with Crippen molar-refractivity contribution in [2.75, 3.05) is 38.7 Å². The average molecular weight is 480 g/mol. The predicted molar refractivity (Wildman–Crippen MR) is 118 cm³/mol. The Kier molecular flexibility index (Phi) is 7.41. The molecule has 3 heterocycles. The van der Waals surface area contributed by atoms with E-state index in [4.69, 9.17) is 14.2 Å². The van der Waals surface area contributed by atoms with Gasteiger partial charge in [-0.2, -0.15) is 4.37 Å². The monoisotopic (exact) mass is 479 g/mol. The third-order valence-electron chi connectivity index (χ3n) is 5.65. The lowest BCUT2D eigenvalue weighted by molar-refractivity contribution is -0.116. The van der Waals surface area contributed by atoms with E-state index in [1.165, 1.54) is 13.2 Å². The zero-order chi connectivity index (χ0) is 23.4. The van der Waals surface area contributed by atoms with E-state index in [-0.39, 0.29) is 47.0 Å². The van der Waals surface area contributed by atoms with E-state index in [0.29, 0.717) is 38.3 Å². The van der Waals surface area contributed by atoms with Crippen molar-refractivity contribution in [1.82, 2.24) is 9.27 Å². The van der Waals surface area contributed by atoms with Gasteiger partial charge in [0, 0.05) is 37.1 Å². The summed E-state index contributed by atoms with van der Waals surface area (Å²) in [6, 6.07) is 3.02. The summed E-state index contributed by atoms with van der Waals surface area (Å²) >= 11 is 0.897. The molecule has 178 valence electrons. The van der Waals surface area contributed by atoms with Gasteiger partial charge >= 0.3 is 5.97 Å². The number of fused-ring (bicyclic) bond motifs is 1. The van der Waals surface area contributed by atoms with Gasteiger partial charge in [-0.15, -0.1) is 0 Å². The van der Waals surface area contributed by atoms with Crippen molar-refractivity contribution in [3.8, 4) is 11.6 Å². The molecule has 9 nitrogen and oxygen atoms in total. The number of aliphatic hydroxyl groups excluding tert-OH is 1. The van der Waals surface area contributed by atoms with Crippen LogP contribution in [0.25, 0.3) is 0 Å². The van der Waals surface area contributed by atoms with Crippen LogP contribution in [0.1, 0.15) is 40.7 Å². The normalized spacial score (nSPS) is 17.5. The summed E-state index contributed by atoms with van der Waals surface area (Å²) in [5.74, 6) is -0.810. The Hall–Kier alpha value is -2.76. The van der Waals surface area contributed by atoms with Crippen LogP contribution < -0.4 is 14.8 Å². The minimum absolute atomic E-state index is 0.00340. The highest BCUT2D eigenvalue weighted by Gasteiger charge is 2.26. The van der Waals surface area contributed by atoms with Crippen LogP contribution in [0, 0.1) is 5.82 Å². The van der Waals surface area contributed by atoms with E-state index >= 15 is 0 Å². The van der Waals surface area contributed by atoms with E-state index in [1.807, 2.05) is 0 Å². The number of aromatic nitrogens is 1. The average Bonchev–Trinajstić information content (AvgIpc) is 3.51. The Balaban J connectivity index is 1.38. The van der Waals surface area contributed by atoms with Crippen LogP contribution in [-0.2, 0) is 22.6 Å². The van der Waals surface area contributed by atoms with Crippen LogP contribution in [0.3, 0.4) is 0 Å². The van der Waals surface area contributed by atoms with Gasteiger partial charge in [-0.25, -0.2) is 9.18 Å². The van der Waals surface area contributed by atoms with Gasteiger partial charge in [-0.05, 0) is 43.1 Å². The lowest BCUT2D eigenvalue weighted by Crippen LogP contribution is -2.24. The number of amides is 1. The number of nitrogens with one attached hydrogen (secondary N) is 1. The number of anilines is 1. The van der Waals surface area contributed by atoms with Crippen molar-refractivity contribution in [2.45, 2.75) is 38.4 Å². The maximum atomic E-state index is 14.4. The Labute approximate surface area is 194 Å². The first-order valence-corrected chi connectivity index (χ1v) is 11.6. The van der Waals surface area contributed by atoms with Gasteiger partial charge in [-0.3, -0.25) is 4.79 Å². The summed E-state index contributed by atoms with van der Waals surface area (Å²) in [5, 5.41) is 12.5. The van der Waals surface area contributed by atoms with Crippen molar-refractivity contribution in [3.05, 3.63) is 34.6 Å². The third kappa shape index (κ3) is 5.60. The maximum Gasteiger partial charge on any atom is 0.346 e. The molecule has 1 amide bonds. The zero-order valence-electron chi connectivity index (χ0n) is 18.3. The minimum Gasteiger partial charge on any atom is -0.493 e. The molecule has 11 heteroatoms. The SMILES string of the molecule is COC(=O)c1c(OCc2cc3c(cc2F)CCO3)nsc1NC(=O)CCCN1CC[C@@H](O)C1. The molecule has 2 aromatic rings. The number of rotatable bonds is 9. The van der Waals surface area contributed by atoms with Crippen LogP contribution in [0.2, 0.25) is 0 Å². The standard InChI is InChI=1S/C22H26FN3O6S/c1-30-22(29)19-20(32-12-14-10-17-13(5-8-31-17)9-16(14)23)25-33-21(19)24-18(28)3-2-6-26-7-4-15(27)11-26/h9-10,15,27H,2-8,11-12H2,1H3,(H,24,28)/t15-/m1/s1. The molecule has 0 aliphatic carbocycles. The highest BCUT2D eigenvalue weighted by molar-refractivity contribution is 7.11. The molecule has 1 saturated heterocycles. The molecule has 0 bridgehead atoms. The number of methoxy groups -OCH3 is 1.